The van der Waals surface area contributed by atoms with E-state index in [0.29, 0.717) is 19.0 Å². The van der Waals surface area contributed by atoms with E-state index in [1.807, 2.05) is 24.3 Å². The maximum Gasteiger partial charge on any atom is 0.259 e. The molecule has 2 fully saturated rings. The third kappa shape index (κ3) is 2.32. The Bertz CT molecular complexity index is 999. The molecular formula is C20H17F2N3O. The highest BCUT2D eigenvalue weighted by Gasteiger charge is 2.39. The Balaban J connectivity index is 1.43. The van der Waals surface area contributed by atoms with Crippen molar-refractivity contribution in [3.05, 3.63) is 65.5 Å². The van der Waals surface area contributed by atoms with E-state index in [1.54, 1.807) is 0 Å². The van der Waals surface area contributed by atoms with Crippen molar-refractivity contribution in [1.29, 1.82) is 0 Å². The van der Waals surface area contributed by atoms with Crippen molar-refractivity contribution in [1.82, 2.24) is 14.5 Å². The summed E-state index contributed by atoms with van der Waals surface area (Å²) in [6.07, 6.45) is 2.28. The van der Waals surface area contributed by atoms with Gasteiger partial charge in [0.2, 0.25) is 0 Å². The lowest BCUT2D eigenvalue weighted by molar-refractivity contribution is 0.0512. The first-order valence-corrected chi connectivity index (χ1v) is 8.83. The molecule has 3 aromatic rings. The maximum atomic E-state index is 13.9. The molecule has 2 heterocycles. The van der Waals surface area contributed by atoms with E-state index >= 15 is 0 Å². The second-order valence-corrected chi connectivity index (χ2v) is 7.06. The molecule has 2 aromatic carbocycles. The van der Waals surface area contributed by atoms with Gasteiger partial charge in [-0.15, -0.1) is 0 Å². The molecule has 0 bridgehead atoms. The first kappa shape index (κ1) is 15.5. The van der Waals surface area contributed by atoms with Crippen molar-refractivity contribution in [3.63, 3.8) is 0 Å². The number of imidazole rings is 1. The molecule has 1 aliphatic carbocycles. The molecule has 1 saturated heterocycles. The summed E-state index contributed by atoms with van der Waals surface area (Å²) in [4.78, 5) is 18.8. The quantitative estimate of drug-likeness (QED) is 0.716. The smallest absolute Gasteiger partial charge is 0.259 e. The zero-order valence-corrected chi connectivity index (χ0v) is 14.0. The van der Waals surface area contributed by atoms with E-state index in [2.05, 4.69) is 4.57 Å². The van der Waals surface area contributed by atoms with Gasteiger partial charge in [0.05, 0.1) is 17.1 Å². The highest BCUT2D eigenvalue weighted by atomic mass is 19.1. The number of aromatic nitrogens is 2. The van der Waals surface area contributed by atoms with Crippen molar-refractivity contribution in [3.8, 4) is 0 Å². The molecule has 1 saturated carbocycles. The van der Waals surface area contributed by atoms with Gasteiger partial charge < -0.3 is 9.47 Å². The van der Waals surface area contributed by atoms with Gasteiger partial charge in [-0.3, -0.25) is 4.79 Å². The minimum atomic E-state index is -0.815. The summed E-state index contributed by atoms with van der Waals surface area (Å²) in [5.41, 5.74) is 1.55. The lowest BCUT2D eigenvalue weighted by Gasteiger charge is -2.41. The maximum absolute atomic E-state index is 13.9. The summed E-state index contributed by atoms with van der Waals surface area (Å²) < 4.78 is 30.0. The summed E-state index contributed by atoms with van der Waals surface area (Å²) in [5, 5.41) is 0. The van der Waals surface area contributed by atoms with E-state index < -0.39 is 23.1 Å². The Morgan fingerprint density at radius 2 is 1.69 bits per heavy atom. The number of para-hydroxylation sites is 2. The first-order chi connectivity index (χ1) is 12.6. The van der Waals surface area contributed by atoms with Crippen LogP contribution in [0.2, 0.25) is 0 Å². The Morgan fingerprint density at radius 1 is 1.00 bits per heavy atom. The fourth-order valence-electron chi connectivity index (χ4n) is 3.72. The molecule has 26 heavy (non-hydrogen) atoms. The zero-order chi connectivity index (χ0) is 17.8. The minimum absolute atomic E-state index is 0.0942. The van der Waals surface area contributed by atoms with Crippen LogP contribution in [-0.4, -0.2) is 33.4 Å². The molecule has 132 valence electrons. The van der Waals surface area contributed by atoms with Crippen LogP contribution in [0, 0.1) is 11.6 Å². The van der Waals surface area contributed by atoms with Crippen molar-refractivity contribution >= 4 is 16.9 Å². The fraction of sp³-hybridized carbons (Fsp3) is 0.300. The molecule has 2 aliphatic rings. The van der Waals surface area contributed by atoms with Gasteiger partial charge >= 0.3 is 0 Å². The van der Waals surface area contributed by atoms with Crippen molar-refractivity contribution in [2.75, 3.05) is 13.1 Å². The molecule has 5 rings (SSSR count). The molecule has 0 unspecified atom stereocenters. The largest absolute Gasteiger partial charge is 0.334 e. The average Bonchev–Trinajstić information content (AvgIpc) is 3.36. The van der Waals surface area contributed by atoms with E-state index in [4.69, 9.17) is 4.98 Å². The Hall–Kier alpha value is -2.76. The van der Waals surface area contributed by atoms with Crippen molar-refractivity contribution in [2.24, 2.45) is 0 Å². The Morgan fingerprint density at radius 3 is 2.38 bits per heavy atom. The molecule has 0 spiro atoms. The van der Waals surface area contributed by atoms with Crippen molar-refractivity contribution < 1.29 is 13.6 Å². The second kappa shape index (κ2) is 5.62. The summed E-state index contributed by atoms with van der Waals surface area (Å²) in [6, 6.07) is 11.6. The van der Waals surface area contributed by atoms with Gasteiger partial charge in [-0.05, 0) is 37.1 Å². The number of rotatable bonds is 3. The summed E-state index contributed by atoms with van der Waals surface area (Å²) in [7, 11) is 0. The highest BCUT2D eigenvalue weighted by Crippen LogP contribution is 2.43. The van der Waals surface area contributed by atoms with Crippen LogP contribution in [-0.2, 0) is 0 Å². The van der Waals surface area contributed by atoms with Crippen LogP contribution >= 0.6 is 0 Å². The number of carbonyl (C=O) groups is 1. The molecule has 6 heteroatoms. The molecule has 0 radical (unpaired) electrons. The van der Waals surface area contributed by atoms with E-state index in [1.165, 1.54) is 11.0 Å². The lowest BCUT2D eigenvalue weighted by atomic mass is 10.0. The minimum Gasteiger partial charge on any atom is -0.334 e. The van der Waals surface area contributed by atoms with Crippen LogP contribution in [0.15, 0.2) is 42.5 Å². The summed E-state index contributed by atoms with van der Waals surface area (Å²) >= 11 is 0. The van der Waals surface area contributed by atoms with Gasteiger partial charge in [-0.25, -0.2) is 13.8 Å². The highest BCUT2D eigenvalue weighted by molar-refractivity contribution is 5.95. The molecule has 1 aliphatic heterocycles. The summed E-state index contributed by atoms with van der Waals surface area (Å²) in [5.74, 6) is -0.666. The van der Waals surface area contributed by atoms with E-state index in [-0.39, 0.29) is 6.04 Å². The number of halogens is 2. The SMILES string of the molecule is O=C(c1c(F)cccc1F)N1CC(n2c(C3CC3)nc3ccccc32)C1. The second-order valence-electron chi connectivity index (χ2n) is 7.06. The Labute approximate surface area is 149 Å². The topological polar surface area (TPSA) is 38.1 Å². The normalized spacial score (nSPS) is 17.5. The molecule has 4 nitrogen and oxygen atoms in total. The first-order valence-electron chi connectivity index (χ1n) is 8.83. The third-order valence-corrected chi connectivity index (χ3v) is 5.26. The van der Waals surface area contributed by atoms with Crippen LogP contribution in [0.5, 0.6) is 0 Å². The fourth-order valence-corrected chi connectivity index (χ4v) is 3.72. The van der Waals surface area contributed by atoms with Gasteiger partial charge in [0.25, 0.3) is 5.91 Å². The summed E-state index contributed by atoms with van der Waals surface area (Å²) in [6.45, 7) is 0.874. The predicted molar refractivity (Wildman–Crippen MR) is 93.0 cm³/mol. The number of likely N-dealkylation sites (tertiary alicyclic amines) is 1. The van der Waals surface area contributed by atoms with Crippen LogP contribution in [0.1, 0.15) is 41.0 Å². The number of carbonyl (C=O) groups excluding carboxylic acids is 1. The Kier molecular flexibility index (Phi) is 3.35. The van der Waals surface area contributed by atoms with Gasteiger partial charge in [0.15, 0.2) is 0 Å². The number of hydrogen-bond donors (Lipinski definition) is 0. The van der Waals surface area contributed by atoms with Crippen LogP contribution < -0.4 is 0 Å². The van der Waals surface area contributed by atoms with Gasteiger partial charge in [-0.2, -0.15) is 0 Å². The van der Waals surface area contributed by atoms with E-state index in [0.717, 1.165) is 41.8 Å². The van der Waals surface area contributed by atoms with Crippen LogP contribution in [0.4, 0.5) is 8.78 Å². The van der Waals surface area contributed by atoms with Crippen molar-refractivity contribution in [2.45, 2.75) is 24.8 Å². The monoisotopic (exact) mass is 353 g/mol. The number of nitrogens with zero attached hydrogens (tertiary/aromatic N) is 3. The average molecular weight is 353 g/mol. The van der Waals surface area contributed by atoms with Crippen LogP contribution in [0.3, 0.4) is 0 Å². The van der Waals surface area contributed by atoms with Gasteiger partial charge in [-0.1, -0.05) is 18.2 Å². The number of hydrogen-bond acceptors (Lipinski definition) is 2. The third-order valence-electron chi connectivity index (χ3n) is 5.26. The molecule has 0 N–H and O–H groups in total. The number of benzene rings is 2. The molecule has 1 amide bonds. The van der Waals surface area contributed by atoms with Gasteiger partial charge in [0, 0.05) is 19.0 Å². The van der Waals surface area contributed by atoms with Gasteiger partial charge in [0.1, 0.15) is 23.0 Å². The van der Waals surface area contributed by atoms with E-state index in [9.17, 15) is 13.6 Å². The number of fused-ring (bicyclic) bond motifs is 1. The predicted octanol–water partition coefficient (Wildman–Crippen LogP) is 3.89. The standard InChI is InChI=1S/C20H17F2N3O/c21-14-4-3-5-15(22)18(14)20(26)24-10-13(11-24)25-17-7-2-1-6-16(17)23-19(25)12-8-9-12/h1-7,12-13H,8-11H2. The molecular weight excluding hydrogens is 336 g/mol. The molecule has 1 aromatic heterocycles. The van der Waals surface area contributed by atoms with Crippen LogP contribution in [0.25, 0.3) is 11.0 Å². The number of amides is 1. The lowest BCUT2D eigenvalue weighted by Crippen LogP contribution is -2.51. The molecule has 0 atom stereocenters. The zero-order valence-electron chi connectivity index (χ0n) is 14.0.